The van der Waals surface area contributed by atoms with E-state index in [1.807, 2.05) is 42.8 Å². The van der Waals surface area contributed by atoms with Crippen LogP contribution in [0.15, 0.2) is 36.9 Å². The Balaban J connectivity index is 1.08. The Labute approximate surface area is 240 Å². The first-order valence-corrected chi connectivity index (χ1v) is 13.8. The first-order valence-electron chi connectivity index (χ1n) is 13.8. The van der Waals surface area contributed by atoms with Gasteiger partial charge in [0.05, 0.1) is 11.4 Å². The van der Waals surface area contributed by atoms with Crippen LogP contribution < -0.4 is 15.0 Å². The highest BCUT2D eigenvalue weighted by Gasteiger charge is 2.46. The number of aromatic nitrogens is 7. The molecule has 3 atom stereocenters. The molecule has 0 bridgehead atoms. The molecule has 42 heavy (non-hydrogen) atoms. The number of ether oxygens (including phenoxy) is 1. The molecular formula is C28H28N10O4. The molecule has 1 N–H and O–H groups in total. The largest absolute Gasteiger partial charge is 0.467 e. The van der Waals surface area contributed by atoms with Gasteiger partial charge in [0.2, 0.25) is 17.7 Å². The number of likely N-dealkylation sites (N-methyl/N-ethyl adjacent to an activating group) is 1. The zero-order chi connectivity index (χ0) is 29.1. The molecule has 5 heterocycles. The third-order valence-corrected chi connectivity index (χ3v) is 7.85. The third-order valence-electron chi connectivity index (χ3n) is 7.85. The second-order valence-electron chi connectivity index (χ2n) is 11.0. The minimum atomic E-state index is -0.549. The van der Waals surface area contributed by atoms with E-state index in [0.717, 1.165) is 29.0 Å². The lowest BCUT2D eigenvalue weighted by Gasteiger charge is -2.17. The van der Waals surface area contributed by atoms with Crippen LogP contribution in [0.3, 0.4) is 0 Å². The first kappa shape index (κ1) is 25.9. The van der Waals surface area contributed by atoms with Gasteiger partial charge in [-0.25, -0.2) is 19.7 Å². The van der Waals surface area contributed by atoms with Gasteiger partial charge in [0.15, 0.2) is 5.65 Å². The number of hydrogen-bond acceptors (Lipinski definition) is 10. The van der Waals surface area contributed by atoms with E-state index < -0.39 is 6.10 Å². The number of hydrogen-bond donors (Lipinski definition) is 1. The average molecular weight is 569 g/mol. The van der Waals surface area contributed by atoms with Gasteiger partial charge in [-0.3, -0.25) is 24.7 Å². The summed E-state index contributed by atoms with van der Waals surface area (Å²) in [6, 6.07) is 3.39. The summed E-state index contributed by atoms with van der Waals surface area (Å²) in [5.41, 5.74) is 3.68. The van der Waals surface area contributed by atoms with Gasteiger partial charge in [-0.15, -0.1) is 10.2 Å². The smallest absolute Gasteiger partial charge is 0.331 e. The standard InChI is InChI=1S/C28H28N10O4/c1-14-6-7-29-24(31-14)18-9-19(18)26(40)34-27-33-22(10-30-35-27)42-15(2)20-12-37-11-17(16-4-5-16)8-21(25(37)32-20)38-13-23(39)36(3)28(38)41/h6-8,10-12,15-16,18-19H,4-5,9,13H2,1-3H3,(H,33,34,35,40)/t15?,18-,19-/m0/s1. The number of anilines is 2. The van der Waals surface area contributed by atoms with Crippen molar-refractivity contribution in [2.45, 2.75) is 51.0 Å². The normalized spacial score (nSPS) is 20.7. The molecule has 2 saturated carbocycles. The van der Waals surface area contributed by atoms with Crippen LogP contribution in [-0.4, -0.2) is 70.9 Å². The number of nitrogens with zero attached hydrogens (tertiary/aromatic N) is 9. The molecule has 214 valence electrons. The number of carbonyl (C=O) groups excluding carboxylic acids is 3. The zero-order valence-corrected chi connectivity index (χ0v) is 23.3. The van der Waals surface area contributed by atoms with E-state index in [1.165, 1.54) is 18.1 Å². The molecule has 1 aliphatic heterocycles. The summed E-state index contributed by atoms with van der Waals surface area (Å²) in [5, 5.41) is 10.6. The van der Waals surface area contributed by atoms with E-state index >= 15 is 0 Å². The number of imide groups is 1. The van der Waals surface area contributed by atoms with Crippen LogP contribution in [0, 0.1) is 12.8 Å². The SMILES string of the molecule is Cc1ccnc([C@H]2C[C@@H]2C(=O)Nc2nncc(OC(C)c3cn4cc(C5CC5)cc(N5CC(=O)N(C)C5=O)c4n3)n2)n1. The molecule has 4 aromatic heterocycles. The van der Waals surface area contributed by atoms with Crippen molar-refractivity contribution < 1.29 is 19.1 Å². The van der Waals surface area contributed by atoms with E-state index in [9.17, 15) is 14.4 Å². The maximum Gasteiger partial charge on any atom is 0.331 e. The summed E-state index contributed by atoms with van der Waals surface area (Å²) in [6.07, 6.45) is 9.19. The summed E-state index contributed by atoms with van der Waals surface area (Å²) in [4.78, 5) is 58.2. The summed E-state index contributed by atoms with van der Waals surface area (Å²) in [5.74, 6) is 0.502. The Morgan fingerprint density at radius 3 is 2.74 bits per heavy atom. The zero-order valence-electron chi connectivity index (χ0n) is 23.3. The number of amides is 4. The molecule has 0 spiro atoms. The number of aryl methyl sites for hydroxylation is 1. The molecule has 4 amide bonds. The summed E-state index contributed by atoms with van der Waals surface area (Å²) >= 11 is 0. The number of urea groups is 1. The molecule has 3 fully saturated rings. The fourth-order valence-electron chi connectivity index (χ4n) is 5.20. The van der Waals surface area contributed by atoms with Gasteiger partial charge in [-0.1, -0.05) is 0 Å². The van der Waals surface area contributed by atoms with Crippen molar-refractivity contribution >= 4 is 35.1 Å². The van der Waals surface area contributed by atoms with Crippen molar-refractivity contribution in [1.29, 1.82) is 0 Å². The van der Waals surface area contributed by atoms with Gasteiger partial charge in [-0.2, -0.15) is 4.98 Å². The Morgan fingerprint density at radius 2 is 2.00 bits per heavy atom. The molecule has 0 radical (unpaired) electrons. The monoisotopic (exact) mass is 568 g/mol. The number of nitrogens with one attached hydrogen (secondary N) is 1. The van der Waals surface area contributed by atoms with Crippen molar-refractivity contribution in [3.8, 4) is 5.88 Å². The Morgan fingerprint density at radius 1 is 1.17 bits per heavy atom. The molecule has 0 aromatic carbocycles. The fourth-order valence-corrected chi connectivity index (χ4v) is 5.20. The lowest BCUT2D eigenvalue weighted by atomic mass is 10.1. The maximum atomic E-state index is 12.8. The van der Waals surface area contributed by atoms with E-state index in [1.54, 1.807) is 6.20 Å². The van der Waals surface area contributed by atoms with Crippen molar-refractivity contribution in [1.82, 2.24) is 39.4 Å². The first-order chi connectivity index (χ1) is 20.2. The average Bonchev–Trinajstić information content (AvgIpc) is 3.90. The minimum Gasteiger partial charge on any atom is -0.467 e. The van der Waals surface area contributed by atoms with Gasteiger partial charge >= 0.3 is 6.03 Å². The number of pyridine rings is 1. The molecule has 1 saturated heterocycles. The van der Waals surface area contributed by atoms with Crippen molar-refractivity contribution in [3.63, 3.8) is 0 Å². The van der Waals surface area contributed by atoms with Crippen LogP contribution in [0.1, 0.15) is 66.9 Å². The molecule has 2 aliphatic carbocycles. The van der Waals surface area contributed by atoms with Crippen LogP contribution in [0.2, 0.25) is 0 Å². The van der Waals surface area contributed by atoms with Crippen LogP contribution in [0.25, 0.3) is 5.65 Å². The van der Waals surface area contributed by atoms with Gasteiger partial charge in [0.25, 0.3) is 5.95 Å². The quantitative estimate of drug-likeness (QED) is 0.313. The molecular weight excluding hydrogens is 540 g/mol. The Kier molecular flexibility index (Phi) is 6.06. The van der Waals surface area contributed by atoms with Crippen LogP contribution >= 0.6 is 0 Å². The molecule has 4 aromatic rings. The molecule has 14 heteroatoms. The van der Waals surface area contributed by atoms with Crippen LogP contribution in [-0.2, 0) is 9.59 Å². The third kappa shape index (κ3) is 4.78. The highest BCUT2D eigenvalue weighted by molar-refractivity contribution is 6.13. The highest BCUT2D eigenvalue weighted by Crippen LogP contribution is 2.46. The van der Waals surface area contributed by atoms with Gasteiger partial charge in [-0.05, 0) is 56.7 Å². The highest BCUT2D eigenvalue weighted by atomic mass is 16.5. The second kappa shape index (κ2) is 9.82. The van der Waals surface area contributed by atoms with Gasteiger partial charge in [0.1, 0.15) is 24.7 Å². The number of rotatable bonds is 8. The molecule has 14 nitrogen and oxygen atoms in total. The fraction of sp³-hybridized carbons (Fsp3) is 0.393. The van der Waals surface area contributed by atoms with Crippen LogP contribution in [0.5, 0.6) is 5.88 Å². The van der Waals surface area contributed by atoms with Crippen molar-refractivity contribution in [3.05, 3.63) is 59.7 Å². The van der Waals surface area contributed by atoms with E-state index in [4.69, 9.17) is 9.72 Å². The number of fused-ring (bicyclic) bond motifs is 1. The van der Waals surface area contributed by atoms with Gasteiger partial charge < -0.3 is 9.14 Å². The lowest BCUT2D eigenvalue weighted by molar-refractivity contribution is -0.124. The maximum absolute atomic E-state index is 12.8. The van der Waals surface area contributed by atoms with Crippen LogP contribution in [0.4, 0.5) is 16.4 Å². The van der Waals surface area contributed by atoms with E-state index in [0.29, 0.717) is 35.2 Å². The lowest BCUT2D eigenvalue weighted by Crippen LogP contribution is -2.30. The molecule has 1 unspecified atom stereocenters. The Bertz CT molecular complexity index is 1750. The Hall–Kier alpha value is -5.01. The summed E-state index contributed by atoms with van der Waals surface area (Å²) in [6.45, 7) is 3.67. The van der Waals surface area contributed by atoms with Crippen molar-refractivity contribution in [2.24, 2.45) is 5.92 Å². The predicted octanol–water partition coefficient (Wildman–Crippen LogP) is 2.78. The summed E-state index contributed by atoms with van der Waals surface area (Å²) < 4.78 is 7.92. The van der Waals surface area contributed by atoms with E-state index in [2.05, 4.69) is 30.5 Å². The second-order valence-corrected chi connectivity index (χ2v) is 11.0. The molecule has 3 aliphatic rings. The topological polar surface area (TPSA) is 161 Å². The van der Waals surface area contributed by atoms with Gasteiger partial charge in [0, 0.05) is 43.2 Å². The van der Waals surface area contributed by atoms with E-state index in [-0.39, 0.29) is 48.1 Å². The predicted molar refractivity (Wildman–Crippen MR) is 148 cm³/mol. The summed E-state index contributed by atoms with van der Waals surface area (Å²) in [7, 11) is 1.48. The molecule has 7 rings (SSSR count). The number of carbonyl (C=O) groups is 3. The minimum absolute atomic E-state index is 0.0337. The number of imidazole rings is 1. The van der Waals surface area contributed by atoms with Crippen molar-refractivity contribution in [2.75, 3.05) is 23.8 Å².